The predicted octanol–water partition coefficient (Wildman–Crippen LogP) is 5.05. The molecular weight excluding hydrogens is 661 g/mol. The number of likely N-dealkylation sites (tertiary alicyclic amines) is 1. The van der Waals surface area contributed by atoms with E-state index in [2.05, 4.69) is 15.3 Å². The molecule has 3 aliphatic rings. The molecule has 4 aromatic rings. The lowest BCUT2D eigenvalue weighted by Crippen LogP contribution is -2.67. The molecular formula is C31H28F5N7O4S. The van der Waals surface area contributed by atoms with Crippen LogP contribution in [0, 0.1) is 23.0 Å². The lowest BCUT2D eigenvalue weighted by molar-refractivity contribution is -0.137. The molecule has 17 heteroatoms. The van der Waals surface area contributed by atoms with Crippen molar-refractivity contribution in [1.82, 2.24) is 20.2 Å². The first-order chi connectivity index (χ1) is 22.9. The molecule has 2 unspecified atom stereocenters. The van der Waals surface area contributed by atoms with Crippen LogP contribution in [0.1, 0.15) is 24.0 Å². The maximum atomic E-state index is 16.9. The van der Waals surface area contributed by atoms with Gasteiger partial charge in [-0.05, 0) is 30.5 Å². The number of fused-ring (bicyclic) bond motifs is 4. The lowest BCUT2D eigenvalue weighted by atomic mass is 9.92. The largest absolute Gasteiger partial charge is 0.460 e. The number of thiophene rings is 1. The lowest BCUT2D eigenvalue weighted by Gasteiger charge is -2.47. The molecule has 3 fully saturated rings. The van der Waals surface area contributed by atoms with Crippen LogP contribution in [-0.2, 0) is 15.7 Å². The summed E-state index contributed by atoms with van der Waals surface area (Å²) in [5, 5.41) is 12.7. The van der Waals surface area contributed by atoms with Gasteiger partial charge >= 0.3 is 18.3 Å². The number of methoxy groups -OCH3 is 2. The Balaban J connectivity index is 1.42. The third-order valence-corrected chi connectivity index (χ3v) is 10.2. The third-order valence-electron chi connectivity index (χ3n) is 9.20. The van der Waals surface area contributed by atoms with Crippen molar-refractivity contribution in [3.05, 3.63) is 41.0 Å². The summed E-state index contributed by atoms with van der Waals surface area (Å²) >= 11 is 0.688. The highest BCUT2D eigenvalue weighted by Gasteiger charge is 2.47. The maximum Gasteiger partial charge on any atom is 0.417 e. The Morgan fingerprint density at radius 3 is 2.52 bits per heavy atom. The SMILES string of the molecule is COC(=O)N1CC(COc2nc(N3CC4CCC(C3)N4)c3cc(C(F)(F)F)c(-c4ccc(F)c5sc(N)c(C#N)c45)c(F)c3n2)(OC)C1. The smallest absolute Gasteiger partial charge is 0.417 e. The Bertz CT molecular complexity index is 2000. The standard InChI is InChI=1S/C31H28F5N7O4S/c1-45-29(44)43-11-30(12-43,46-2)13-47-28-40-24-17(27(41-28)42-9-14-3-4-15(10-42)39-14)7-19(31(34,35)36)22(23(24)33)16-5-6-20(32)25-21(16)18(8-37)26(38)48-25/h5-7,14-15,39H,3-4,9-13,38H2,1-2H3. The van der Waals surface area contributed by atoms with Crippen LogP contribution in [0.5, 0.6) is 6.01 Å². The molecule has 3 N–H and O–H groups in total. The number of rotatable bonds is 6. The average Bonchev–Trinajstić information content (AvgIpc) is 3.57. The van der Waals surface area contributed by atoms with Gasteiger partial charge in [-0.2, -0.15) is 28.4 Å². The van der Waals surface area contributed by atoms with Crippen LogP contribution in [0.2, 0.25) is 0 Å². The summed E-state index contributed by atoms with van der Waals surface area (Å²) < 4.78 is 92.5. The first-order valence-corrected chi connectivity index (χ1v) is 15.7. The van der Waals surface area contributed by atoms with Gasteiger partial charge in [-0.1, -0.05) is 6.07 Å². The van der Waals surface area contributed by atoms with Crippen molar-refractivity contribution in [2.45, 2.75) is 36.7 Å². The number of ether oxygens (including phenoxy) is 3. The van der Waals surface area contributed by atoms with Crippen LogP contribution < -0.4 is 20.7 Å². The Kier molecular flexibility index (Phi) is 7.72. The van der Waals surface area contributed by atoms with Crippen molar-refractivity contribution in [3.8, 4) is 23.2 Å². The van der Waals surface area contributed by atoms with Gasteiger partial charge in [0.2, 0.25) is 0 Å². The first-order valence-electron chi connectivity index (χ1n) is 14.9. The van der Waals surface area contributed by atoms with Crippen molar-refractivity contribution < 1.29 is 41.0 Å². The number of hydrogen-bond donors (Lipinski definition) is 2. The second-order valence-electron chi connectivity index (χ2n) is 12.1. The fourth-order valence-corrected chi connectivity index (χ4v) is 7.79. The molecule has 252 valence electrons. The molecule has 0 aliphatic carbocycles. The van der Waals surface area contributed by atoms with Gasteiger partial charge in [-0.25, -0.2) is 13.6 Å². The van der Waals surface area contributed by atoms with E-state index in [9.17, 15) is 27.6 Å². The van der Waals surface area contributed by atoms with Crippen LogP contribution >= 0.6 is 11.3 Å². The Labute approximate surface area is 274 Å². The molecule has 2 aromatic carbocycles. The summed E-state index contributed by atoms with van der Waals surface area (Å²) in [6, 6.07) is 4.33. The predicted molar refractivity (Wildman–Crippen MR) is 166 cm³/mol. The van der Waals surface area contributed by atoms with Crippen molar-refractivity contribution in [2.75, 3.05) is 57.6 Å². The number of alkyl halides is 3. The van der Waals surface area contributed by atoms with Gasteiger partial charge in [-0.3, -0.25) is 0 Å². The highest BCUT2D eigenvalue weighted by Crippen LogP contribution is 2.48. The molecule has 48 heavy (non-hydrogen) atoms. The average molecular weight is 690 g/mol. The molecule has 7 rings (SSSR count). The first kappa shape index (κ1) is 32.0. The number of benzene rings is 2. The molecule has 2 aromatic heterocycles. The van der Waals surface area contributed by atoms with Crippen LogP contribution in [0.25, 0.3) is 32.1 Å². The van der Waals surface area contributed by atoms with Gasteiger partial charge in [0.1, 0.15) is 40.4 Å². The molecule has 1 amide bonds. The molecule has 0 radical (unpaired) electrons. The second-order valence-corrected chi connectivity index (χ2v) is 13.2. The minimum atomic E-state index is -5.07. The molecule has 0 spiro atoms. The van der Waals surface area contributed by atoms with Crippen LogP contribution in [0.15, 0.2) is 18.2 Å². The highest BCUT2D eigenvalue weighted by molar-refractivity contribution is 7.23. The van der Waals surface area contributed by atoms with Gasteiger partial charge in [0.05, 0.1) is 36.0 Å². The minimum Gasteiger partial charge on any atom is -0.460 e. The summed E-state index contributed by atoms with van der Waals surface area (Å²) in [4.78, 5) is 23.9. The van der Waals surface area contributed by atoms with Gasteiger partial charge < -0.3 is 35.1 Å². The third kappa shape index (κ3) is 5.18. The Hall–Kier alpha value is -4.53. The molecule has 2 atom stereocenters. The van der Waals surface area contributed by atoms with E-state index in [1.54, 1.807) is 4.90 Å². The van der Waals surface area contributed by atoms with E-state index in [-0.39, 0.29) is 75.2 Å². The van der Waals surface area contributed by atoms with Crippen molar-refractivity contribution in [1.29, 1.82) is 5.26 Å². The fraction of sp³-hybridized carbons (Fsp3) is 0.419. The number of hydrogen-bond acceptors (Lipinski definition) is 11. The van der Waals surface area contributed by atoms with Crippen molar-refractivity contribution in [3.63, 3.8) is 0 Å². The van der Waals surface area contributed by atoms with E-state index >= 15 is 4.39 Å². The number of piperazine rings is 1. The van der Waals surface area contributed by atoms with Crippen molar-refractivity contribution >= 4 is 49.2 Å². The number of nitrogen functional groups attached to an aromatic ring is 1. The summed E-state index contributed by atoms with van der Waals surface area (Å²) in [7, 11) is 2.68. The zero-order valence-electron chi connectivity index (χ0n) is 25.6. The number of anilines is 2. The van der Waals surface area contributed by atoms with Gasteiger partial charge in [0.15, 0.2) is 5.82 Å². The van der Waals surface area contributed by atoms with Gasteiger partial charge in [0.25, 0.3) is 0 Å². The number of aromatic nitrogens is 2. The number of amides is 1. The molecule has 11 nitrogen and oxygen atoms in total. The summed E-state index contributed by atoms with van der Waals surface area (Å²) in [5.41, 5.74) is 1.64. The number of halogens is 5. The molecule has 3 aliphatic heterocycles. The van der Waals surface area contributed by atoms with E-state index in [4.69, 9.17) is 19.9 Å². The maximum absolute atomic E-state index is 16.9. The van der Waals surface area contributed by atoms with E-state index in [0.717, 1.165) is 31.0 Å². The zero-order valence-corrected chi connectivity index (χ0v) is 26.4. The summed E-state index contributed by atoms with van der Waals surface area (Å²) in [5.74, 6) is -2.11. The monoisotopic (exact) mass is 689 g/mol. The zero-order chi connectivity index (χ0) is 34.1. The number of carbonyl (C=O) groups excluding carboxylic acids is 1. The van der Waals surface area contributed by atoms with Gasteiger partial charge in [-0.15, -0.1) is 11.3 Å². The van der Waals surface area contributed by atoms with E-state index in [0.29, 0.717) is 24.4 Å². The summed E-state index contributed by atoms with van der Waals surface area (Å²) in [6.07, 6.45) is -3.91. The number of nitrogens with one attached hydrogen (secondary N) is 1. The fourth-order valence-electron chi connectivity index (χ4n) is 6.85. The van der Waals surface area contributed by atoms with Crippen LogP contribution in [0.4, 0.5) is 37.6 Å². The molecule has 2 bridgehead atoms. The topological polar surface area (TPSA) is 139 Å². The Morgan fingerprint density at radius 2 is 1.90 bits per heavy atom. The molecule has 3 saturated heterocycles. The highest BCUT2D eigenvalue weighted by atomic mass is 32.1. The number of nitriles is 1. The Morgan fingerprint density at radius 1 is 1.19 bits per heavy atom. The van der Waals surface area contributed by atoms with E-state index < -0.39 is 46.1 Å². The van der Waals surface area contributed by atoms with Crippen LogP contribution in [-0.4, -0.2) is 85.7 Å². The normalized spacial score (nSPS) is 20.2. The summed E-state index contributed by atoms with van der Waals surface area (Å²) in [6.45, 7) is 0.887. The van der Waals surface area contributed by atoms with Gasteiger partial charge in [0, 0.05) is 48.6 Å². The quantitative estimate of drug-likeness (QED) is 0.265. The number of nitrogens with two attached hydrogens (primary N) is 1. The number of carbonyl (C=O) groups is 1. The van der Waals surface area contributed by atoms with Crippen molar-refractivity contribution in [2.24, 2.45) is 0 Å². The number of nitrogens with zero attached hydrogens (tertiary/aromatic N) is 5. The molecule has 0 saturated carbocycles. The molecule has 5 heterocycles. The minimum absolute atomic E-state index is 0.0568. The van der Waals surface area contributed by atoms with E-state index in [1.807, 2.05) is 6.07 Å². The van der Waals surface area contributed by atoms with Crippen LogP contribution in [0.3, 0.4) is 0 Å². The second kappa shape index (κ2) is 11.6. The van der Waals surface area contributed by atoms with E-state index in [1.165, 1.54) is 19.1 Å².